The molecule has 2 N–H and O–H groups in total. The van der Waals surface area contributed by atoms with Crippen LogP contribution in [0.3, 0.4) is 0 Å². The molecule has 0 saturated heterocycles. The number of carbonyl (C=O) groups is 1. The monoisotopic (exact) mass is 290 g/mol. The molecule has 0 aliphatic heterocycles. The molecule has 5 nitrogen and oxygen atoms in total. The highest BCUT2D eigenvalue weighted by molar-refractivity contribution is 5.93. The Labute approximate surface area is 121 Å². The summed E-state index contributed by atoms with van der Waals surface area (Å²) in [6.07, 6.45) is 1.12. The molecule has 6 heteroatoms. The van der Waals surface area contributed by atoms with Crippen molar-refractivity contribution >= 4 is 5.91 Å². The van der Waals surface area contributed by atoms with E-state index >= 15 is 0 Å². The fourth-order valence-corrected chi connectivity index (χ4v) is 1.72. The Morgan fingerprint density at radius 3 is 2.52 bits per heavy atom. The van der Waals surface area contributed by atoms with E-state index < -0.39 is 11.7 Å². The lowest BCUT2D eigenvalue weighted by atomic mass is 10.0. The van der Waals surface area contributed by atoms with Gasteiger partial charge in [0, 0.05) is 6.20 Å². The maximum atomic E-state index is 13.8. The number of hydroxylamine groups is 1. The summed E-state index contributed by atoms with van der Waals surface area (Å²) in [7, 11) is 0. The number of hydrogen-bond acceptors (Lipinski definition) is 4. The molecule has 110 valence electrons. The number of nitrogens with zero attached hydrogens (tertiary/aromatic N) is 1. The number of ether oxygens (including phenoxy) is 1. The zero-order valence-electron chi connectivity index (χ0n) is 11.6. The van der Waals surface area contributed by atoms with Crippen molar-refractivity contribution in [2.75, 3.05) is 0 Å². The van der Waals surface area contributed by atoms with E-state index in [0.717, 1.165) is 17.8 Å². The predicted molar refractivity (Wildman–Crippen MR) is 74.1 cm³/mol. The van der Waals surface area contributed by atoms with Crippen LogP contribution in [0.1, 0.15) is 35.7 Å². The summed E-state index contributed by atoms with van der Waals surface area (Å²) in [4.78, 5) is 14.9. The van der Waals surface area contributed by atoms with Gasteiger partial charge in [-0.25, -0.2) is 14.9 Å². The number of nitrogens with one attached hydrogen (secondary N) is 1. The van der Waals surface area contributed by atoms with Crippen LogP contribution in [0.2, 0.25) is 0 Å². The summed E-state index contributed by atoms with van der Waals surface area (Å²) >= 11 is 0. The minimum absolute atomic E-state index is 0.0995. The van der Waals surface area contributed by atoms with Gasteiger partial charge in [-0.1, -0.05) is 26.0 Å². The lowest BCUT2D eigenvalue weighted by Gasteiger charge is -2.09. The first-order valence-electron chi connectivity index (χ1n) is 6.39. The van der Waals surface area contributed by atoms with Crippen LogP contribution in [0.15, 0.2) is 36.5 Å². The molecule has 0 saturated carbocycles. The van der Waals surface area contributed by atoms with Gasteiger partial charge in [0.25, 0.3) is 11.8 Å². The Kier molecular flexibility index (Phi) is 4.49. The van der Waals surface area contributed by atoms with Crippen molar-refractivity contribution in [2.45, 2.75) is 19.8 Å². The van der Waals surface area contributed by atoms with Gasteiger partial charge in [0.15, 0.2) is 5.82 Å². The number of pyridine rings is 1. The maximum absolute atomic E-state index is 13.8. The molecule has 2 rings (SSSR count). The Bertz CT molecular complexity index is 642. The highest BCUT2D eigenvalue weighted by atomic mass is 19.1. The van der Waals surface area contributed by atoms with Crippen molar-refractivity contribution in [3.8, 4) is 11.6 Å². The standard InChI is InChI=1S/C15H15FN2O3/c1-9(2)10-3-5-12(6-4-10)21-15-13(16)7-11(8-17-15)14(19)18-20/h3-9,20H,1-2H3,(H,18,19). The fourth-order valence-electron chi connectivity index (χ4n) is 1.72. The summed E-state index contributed by atoms with van der Waals surface area (Å²) in [6.45, 7) is 4.14. The molecule has 1 heterocycles. The Balaban J connectivity index is 2.18. The van der Waals surface area contributed by atoms with E-state index in [2.05, 4.69) is 18.8 Å². The normalized spacial score (nSPS) is 10.5. The van der Waals surface area contributed by atoms with Crippen molar-refractivity contribution in [3.05, 3.63) is 53.5 Å². The summed E-state index contributed by atoms with van der Waals surface area (Å²) in [5.74, 6) is -1.02. The van der Waals surface area contributed by atoms with E-state index in [9.17, 15) is 9.18 Å². The summed E-state index contributed by atoms with van der Waals surface area (Å²) in [5, 5.41) is 8.47. The molecule has 1 amide bonds. The SMILES string of the molecule is CC(C)c1ccc(Oc2ncc(C(=O)NO)cc2F)cc1. The summed E-state index contributed by atoms with van der Waals surface area (Å²) in [5.41, 5.74) is 2.45. The van der Waals surface area contributed by atoms with E-state index in [0.29, 0.717) is 11.7 Å². The largest absolute Gasteiger partial charge is 0.436 e. The molecule has 21 heavy (non-hydrogen) atoms. The minimum atomic E-state index is -0.839. The average Bonchev–Trinajstić information content (AvgIpc) is 2.49. The predicted octanol–water partition coefficient (Wildman–Crippen LogP) is 3.26. The van der Waals surface area contributed by atoms with Crippen LogP contribution in [0.5, 0.6) is 11.6 Å². The van der Waals surface area contributed by atoms with Crippen LogP contribution in [-0.2, 0) is 0 Å². The fraction of sp³-hybridized carbons (Fsp3) is 0.200. The molecule has 0 aliphatic carbocycles. The first-order chi connectivity index (χ1) is 10.0. The van der Waals surface area contributed by atoms with Crippen molar-refractivity contribution in [3.63, 3.8) is 0 Å². The Hall–Kier alpha value is -2.47. The maximum Gasteiger partial charge on any atom is 0.276 e. The highest BCUT2D eigenvalue weighted by Gasteiger charge is 2.12. The molecular formula is C15H15FN2O3. The Morgan fingerprint density at radius 1 is 1.33 bits per heavy atom. The molecule has 0 atom stereocenters. The van der Waals surface area contributed by atoms with Gasteiger partial charge in [-0.05, 0) is 29.7 Å². The number of carbonyl (C=O) groups excluding carboxylic acids is 1. The van der Waals surface area contributed by atoms with E-state index in [1.807, 2.05) is 12.1 Å². The van der Waals surface area contributed by atoms with Crippen LogP contribution in [0.25, 0.3) is 0 Å². The number of halogens is 1. The van der Waals surface area contributed by atoms with Gasteiger partial charge in [-0.3, -0.25) is 10.0 Å². The average molecular weight is 290 g/mol. The number of aromatic nitrogens is 1. The van der Waals surface area contributed by atoms with Gasteiger partial charge < -0.3 is 4.74 Å². The number of rotatable bonds is 4. The van der Waals surface area contributed by atoms with Crippen molar-refractivity contribution in [1.29, 1.82) is 0 Å². The molecule has 1 aromatic heterocycles. The smallest absolute Gasteiger partial charge is 0.276 e. The van der Waals surface area contributed by atoms with Crippen molar-refractivity contribution in [1.82, 2.24) is 10.5 Å². The summed E-state index contributed by atoms with van der Waals surface area (Å²) in [6, 6.07) is 8.18. The van der Waals surface area contributed by atoms with E-state index in [1.54, 1.807) is 12.1 Å². The Morgan fingerprint density at radius 2 is 2.00 bits per heavy atom. The molecule has 0 radical (unpaired) electrons. The van der Waals surface area contributed by atoms with E-state index in [4.69, 9.17) is 9.94 Å². The van der Waals surface area contributed by atoms with Gasteiger partial charge in [-0.2, -0.15) is 0 Å². The van der Waals surface area contributed by atoms with Crippen molar-refractivity contribution in [2.24, 2.45) is 0 Å². The van der Waals surface area contributed by atoms with Crippen LogP contribution in [0, 0.1) is 5.82 Å². The molecule has 0 spiro atoms. The van der Waals surface area contributed by atoms with Gasteiger partial charge in [0.05, 0.1) is 5.56 Å². The second-order valence-electron chi connectivity index (χ2n) is 4.78. The zero-order valence-corrected chi connectivity index (χ0v) is 11.6. The number of amides is 1. The van der Waals surface area contributed by atoms with Crippen molar-refractivity contribution < 1.29 is 19.1 Å². The zero-order chi connectivity index (χ0) is 15.4. The third-order valence-corrected chi connectivity index (χ3v) is 2.93. The van der Waals surface area contributed by atoms with Crippen LogP contribution in [0.4, 0.5) is 4.39 Å². The van der Waals surface area contributed by atoms with Gasteiger partial charge in [0.1, 0.15) is 5.75 Å². The van der Waals surface area contributed by atoms with Gasteiger partial charge in [-0.15, -0.1) is 0 Å². The van der Waals surface area contributed by atoms with Crippen LogP contribution < -0.4 is 10.2 Å². The second kappa shape index (κ2) is 6.32. The van der Waals surface area contributed by atoms with Crippen LogP contribution >= 0.6 is 0 Å². The summed E-state index contributed by atoms with van der Waals surface area (Å²) < 4.78 is 19.1. The molecule has 0 bridgehead atoms. The first-order valence-corrected chi connectivity index (χ1v) is 6.39. The topological polar surface area (TPSA) is 71.5 Å². The lowest BCUT2D eigenvalue weighted by Crippen LogP contribution is -2.19. The van der Waals surface area contributed by atoms with E-state index in [-0.39, 0.29) is 11.4 Å². The third-order valence-electron chi connectivity index (χ3n) is 2.93. The molecule has 0 unspecified atom stereocenters. The van der Waals surface area contributed by atoms with E-state index in [1.165, 1.54) is 5.48 Å². The number of hydrogen-bond donors (Lipinski definition) is 2. The molecule has 0 fully saturated rings. The third kappa shape index (κ3) is 3.55. The number of benzene rings is 1. The van der Waals surface area contributed by atoms with Gasteiger partial charge in [0.2, 0.25) is 0 Å². The second-order valence-corrected chi connectivity index (χ2v) is 4.78. The molecule has 1 aromatic carbocycles. The minimum Gasteiger partial charge on any atom is -0.436 e. The quantitative estimate of drug-likeness (QED) is 0.669. The molecular weight excluding hydrogens is 275 g/mol. The van der Waals surface area contributed by atoms with Gasteiger partial charge >= 0.3 is 0 Å². The molecule has 0 aliphatic rings. The lowest BCUT2D eigenvalue weighted by molar-refractivity contribution is 0.0705. The van der Waals surface area contributed by atoms with Crippen LogP contribution in [-0.4, -0.2) is 16.1 Å². The first kappa shape index (κ1) is 14.9. The highest BCUT2D eigenvalue weighted by Crippen LogP contribution is 2.24. The molecule has 2 aromatic rings.